The topological polar surface area (TPSA) is 40.5 Å². The van der Waals surface area contributed by atoms with Gasteiger partial charge in [-0.05, 0) is 17.7 Å². The molecule has 1 atom stereocenters. The van der Waals surface area contributed by atoms with Crippen molar-refractivity contribution >= 4 is 23.9 Å². The number of aliphatic hydroxyl groups is 1. The maximum atomic E-state index is 11.2. The Morgan fingerprint density at radius 3 is 2.53 bits per heavy atom. The molecule has 0 fully saturated rings. The van der Waals surface area contributed by atoms with Crippen LogP contribution in [-0.2, 0) is 9.73 Å². The van der Waals surface area contributed by atoms with Crippen molar-refractivity contribution in [3.63, 3.8) is 0 Å². The third kappa shape index (κ3) is 2.13. The molecule has 1 heterocycles. The molecule has 0 spiro atoms. The minimum atomic E-state index is -1.10. The molecule has 3 nitrogen and oxygen atoms in total. The lowest BCUT2D eigenvalue weighted by atomic mass is 10.1. The number of hydrogen-bond acceptors (Lipinski definition) is 3. The maximum absolute atomic E-state index is 11.2. The summed E-state index contributed by atoms with van der Waals surface area (Å²) < 4.78 is 0. The van der Waals surface area contributed by atoms with E-state index in [9.17, 15) is 9.90 Å². The van der Waals surface area contributed by atoms with Crippen molar-refractivity contribution in [3.8, 4) is 0 Å². The molecule has 19 heavy (non-hydrogen) atoms. The average molecular weight is 271 g/mol. The zero-order valence-electron chi connectivity index (χ0n) is 10.2. The molecule has 3 rings (SSSR count). The van der Waals surface area contributed by atoms with Crippen molar-refractivity contribution in [2.45, 2.75) is 9.83 Å². The summed E-state index contributed by atoms with van der Waals surface area (Å²) in [6.45, 7) is 0.252. The van der Waals surface area contributed by atoms with Gasteiger partial charge in [0.1, 0.15) is 0 Å². The van der Waals surface area contributed by atoms with Crippen LogP contribution >= 0.6 is 11.8 Å². The van der Waals surface area contributed by atoms with Gasteiger partial charge in [0.05, 0.1) is 12.2 Å². The largest absolute Gasteiger partial charge is 0.373 e. The molecule has 0 bridgehead atoms. The van der Waals surface area contributed by atoms with E-state index in [-0.39, 0.29) is 6.54 Å². The summed E-state index contributed by atoms with van der Waals surface area (Å²) in [6.07, 6.45) is 0.770. The summed E-state index contributed by atoms with van der Waals surface area (Å²) in [5.41, 5.74) is 1.66. The van der Waals surface area contributed by atoms with Crippen LogP contribution in [0.3, 0.4) is 0 Å². The SMILES string of the molecule is O=CN1C[C@](O)(c2ccccc2)Sc2ccccc21. The minimum absolute atomic E-state index is 0.252. The van der Waals surface area contributed by atoms with Gasteiger partial charge >= 0.3 is 0 Å². The van der Waals surface area contributed by atoms with E-state index < -0.39 is 4.93 Å². The number of carbonyl (C=O) groups is 1. The fraction of sp³-hybridized carbons (Fsp3) is 0.133. The van der Waals surface area contributed by atoms with Gasteiger partial charge in [0.25, 0.3) is 0 Å². The van der Waals surface area contributed by atoms with Crippen molar-refractivity contribution in [2.24, 2.45) is 0 Å². The zero-order valence-corrected chi connectivity index (χ0v) is 11.0. The van der Waals surface area contributed by atoms with Crippen LogP contribution in [-0.4, -0.2) is 18.1 Å². The standard InChI is InChI=1S/C15H13NO2S/c17-11-16-10-15(18,12-6-2-1-3-7-12)19-14-9-5-4-8-13(14)16/h1-9,11,18H,10H2/t15-/m1/s1. The maximum Gasteiger partial charge on any atom is 0.214 e. The number of rotatable bonds is 2. The van der Waals surface area contributed by atoms with E-state index >= 15 is 0 Å². The smallest absolute Gasteiger partial charge is 0.214 e. The second kappa shape index (κ2) is 4.72. The Bertz CT molecular complexity index is 602. The highest BCUT2D eigenvalue weighted by molar-refractivity contribution is 8.00. The summed E-state index contributed by atoms with van der Waals surface area (Å²) in [5.74, 6) is 0. The number of amides is 1. The van der Waals surface area contributed by atoms with Crippen LogP contribution in [0.4, 0.5) is 5.69 Å². The van der Waals surface area contributed by atoms with Gasteiger partial charge in [-0.25, -0.2) is 0 Å². The van der Waals surface area contributed by atoms with Crippen molar-refractivity contribution in [2.75, 3.05) is 11.4 Å². The first-order valence-corrected chi connectivity index (χ1v) is 6.82. The number of thioether (sulfide) groups is 1. The lowest BCUT2D eigenvalue weighted by Gasteiger charge is -2.38. The molecule has 0 aliphatic carbocycles. The van der Waals surface area contributed by atoms with Gasteiger partial charge in [-0.2, -0.15) is 0 Å². The van der Waals surface area contributed by atoms with Crippen LogP contribution in [0.1, 0.15) is 5.56 Å². The van der Waals surface area contributed by atoms with Gasteiger partial charge in [0.15, 0.2) is 4.93 Å². The van der Waals surface area contributed by atoms with Crippen molar-refractivity contribution in [1.82, 2.24) is 0 Å². The normalized spacial score (nSPS) is 21.8. The molecule has 0 unspecified atom stereocenters. The number of para-hydroxylation sites is 1. The third-order valence-electron chi connectivity index (χ3n) is 3.19. The first kappa shape index (κ1) is 12.3. The number of carbonyl (C=O) groups excluding carboxylic acids is 1. The molecular weight excluding hydrogens is 258 g/mol. The number of fused-ring (bicyclic) bond motifs is 1. The first-order valence-electron chi connectivity index (χ1n) is 6.01. The lowest BCUT2D eigenvalue weighted by molar-refractivity contribution is -0.108. The molecule has 0 saturated heterocycles. The summed E-state index contributed by atoms with van der Waals surface area (Å²) in [5, 5.41) is 10.9. The Hall–Kier alpha value is -1.78. The Morgan fingerprint density at radius 1 is 1.11 bits per heavy atom. The Kier molecular flexibility index (Phi) is 3.05. The lowest BCUT2D eigenvalue weighted by Crippen LogP contribution is -2.41. The van der Waals surface area contributed by atoms with Gasteiger partial charge in [-0.3, -0.25) is 4.79 Å². The van der Waals surface area contributed by atoms with Crippen LogP contribution in [0.25, 0.3) is 0 Å². The summed E-state index contributed by atoms with van der Waals surface area (Å²) >= 11 is 1.39. The predicted molar refractivity (Wildman–Crippen MR) is 76.0 cm³/mol. The number of hydrogen-bond donors (Lipinski definition) is 1. The van der Waals surface area contributed by atoms with Crippen molar-refractivity contribution < 1.29 is 9.90 Å². The summed E-state index contributed by atoms with van der Waals surface area (Å²) in [7, 11) is 0. The fourth-order valence-corrected chi connectivity index (χ4v) is 3.51. The fourth-order valence-electron chi connectivity index (χ4n) is 2.25. The molecule has 1 amide bonds. The second-order valence-corrected chi connectivity index (χ2v) is 5.77. The molecular formula is C15H13NO2S. The second-order valence-electron chi connectivity index (χ2n) is 4.45. The van der Waals surface area contributed by atoms with Crippen LogP contribution in [0, 0.1) is 0 Å². The zero-order chi connectivity index (χ0) is 13.3. The van der Waals surface area contributed by atoms with E-state index in [2.05, 4.69) is 0 Å². The summed E-state index contributed by atoms with van der Waals surface area (Å²) in [6, 6.07) is 17.1. The van der Waals surface area contributed by atoms with E-state index in [1.807, 2.05) is 54.6 Å². The highest BCUT2D eigenvalue weighted by atomic mass is 32.2. The van der Waals surface area contributed by atoms with E-state index in [4.69, 9.17) is 0 Å². The van der Waals surface area contributed by atoms with Crippen LogP contribution < -0.4 is 4.90 Å². The Morgan fingerprint density at radius 2 is 1.79 bits per heavy atom. The predicted octanol–water partition coefficient (Wildman–Crippen LogP) is 2.60. The molecule has 4 heteroatoms. The number of nitrogens with zero attached hydrogens (tertiary/aromatic N) is 1. The van der Waals surface area contributed by atoms with Crippen molar-refractivity contribution in [1.29, 1.82) is 0 Å². The quantitative estimate of drug-likeness (QED) is 0.854. The number of anilines is 1. The van der Waals surface area contributed by atoms with E-state index in [0.29, 0.717) is 0 Å². The Labute approximate surface area is 115 Å². The highest BCUT2D eigenvalue weighted by Gasteiger charge is 2.38. The molecule has 0 radical (unpaired) electrons. The van der Waals surface area contributed by atoms with Crippen LogP contribution in [0.2, 0.25) is 0 Å². The van der Waals surface area contributed by atoms with Gasteiger partial charge < -0.3 is 10.0 Å². The monoisotopic (exact) mass is 271 g/mol. The van der Waals surface area contributed by atoms with Gasteiger partial charge in [0.2, 0.25) is 6.41 Å². The van der Waals surface area contributed by atoms with E-state index in [1.165, 1.54) is 11.8 Å². The van der Waals surface area contributed by atoms with E-state index in [1.54, 1.807) is 4.90 Å². The molecule has 96 valence electrons. The van der Waals surface area contributed by atoms with Crippen LogP contribution in [0.5, 0.6) is 0 Å². The molecule has 1 N–H and O–H groups in total. The van der Waals surface area contributed by atoms with Crippen molar-refractivity contribution in [3.05, 3.63) is 60.2 Å². The molecule has 1 aliphatic heterocycles. The van der Waals surface area contributed by atoms with Gasteiger partial charge in [-0.1, -0.05) is 54.2 Å². The summed E-state index contributed by atoms with van der Waals surface area (Å²) in [4.78, 5) is 12.6. The Balaban J connectivity index is 2.06. The average Bonchev–Trinajstić information content (AvgIpc) is 2.47. The van der Waals surface area contributed by atoms with Crippen LogP contribution in [0.15, 0.2) is 59.5 Å². The number of β-amino-alcohol motifs (C(OH)–C–C–N with tert-alkyl or cyclic N) is 1. The molecule has 1 aliphatic rings. The third-order valence-corrected chi connectivity index (χ3v) is 4.46. The minimum Gasteiger partial charge on any atom is -0.373 e. The molecule has 0 aromatic heterocycles. The van der Waals surface area contributed by atoms with Gasteiger partial charge in [0, 0.05) is 4.90 Å². The van der Waals surface area contributed by atoms with E-state index in [0.717, 1.165) is 22.6 Å². The van der Waals surface area contributed by atoms with Gasteiger partial charge in [-0.15, -0.1) is 0 Å². The molecule has 2 aromatic rings. The molecule has 2 aromatic carbocycles. The highest BCUT2D eigenvalue weighted by Crippen LogP contribution is 2.47. The number of benzene rings is 2. The first-order chi connectivity index (χ1) is 9.23. The molecule has 0 saturated carbocycles.